The van der Waals surface area contributed by atoms with Gasteiger partial charge in [0.2, 0.25) is 0 Å². The van der Waals surface area contributed by atoms with Crippen molar-refractivity contribution in [1.29, 1.82) is 5.41 Å². The molecule has 0 saturated carbocycles. The van der Waals surface area contributed by atoms with Gasteiger partial charge in [0.25, 0.3) is 0 Å². The zero-order chi connectivity index (χ0) is 12.5. The molecule has 0 spiro atoms. The minimum absolute atomic E-state index is 0.234. The second-order valence-corrected chi connectivity index (χ2v) is 4.09. The third-order valence-electron chi connectivity index (χ3n) is 2.94. The van der Waals surface area contributed by atoms with E-state index in [0.717, 1.165) is 0 Å². The van der Waals surface area contributed by atoms with Crippen LogP contribution in [0.2, 0.25) is 0 Å². The number of furan rings is 1. The Morgan fingerprint density at radius 3 is 3.11 bits per heavy atom. The predicted molar refractivity (Wildman–Crippen MR) is 66.6 cm³/mol. The fraction of sp³-hybridized carbons (Fsp3) is 0.154. The Bertz CT molecular complexity index is 581. The number of amides is 2. The number of hydrogen-bond donors (Lipinski definition) is 1. The summed E-state index contributed by atoms with van der Waals surface area (Å²) >= 11 is 0. The molecule has 1 aromatic rings. The molecule has 1 aliphatic heterocycles. The van der Waals surface area contributed by atoms with Gasteiger partial charge >= 0.3 is 6.03 Å². The quantitative estimate of drug-likeness (QED) is 0.863. The van der Waals surface area contributed by atoms with Gasteiger partial charge in [0, 0.05) is 0 Å². The van der Waals surface area contributed by atoms with Crippen molar-refractivity contribution >= 4 is 17.6 Å². The number of carbonyl (C=O) groups is 1. The van der Waals surface area contributed by atoms with Crippen LogP contribution in [0.15, 0.2) is 52.1 Å². The molecule has 0 fully saturated rings. The average molecular weight is 241 g/mol. The average Bonchev–Trinajstić information content (AvgIpc) is 2.87. The van der Waals surface area contributed by atoms with Gasteiger partial charge in [0.15, 0.2) is 0 Å². The Labute approximate surface area is 104 Å². The highest BCUT2D eigenvalue weighted by Crippen LogP contribution is 2.21. The highest BCUT2D eigenvalue weighted by Gasteiger charge is 2.32. The molecule has 1 N–H and O–H groups in total. The number of urea groups is 1. The summed E-state index contributed by atoms with van der Waals surface area (Å²) in [4.78, 5) is 17.2. The first kappa shape index (κ1) is 10.7. The van der Waals surface area contributed by atoms with Crippen LogP contribution in [0.3, 0.4) is 0 Å². The molecule has 0 radical (unpaired) electrons. The molecule has 1 atom stereocenters. The number of hydrogen-bond acceptors (Lipinski definition) is 3. The van der Waals surface area contributed by atoms with Crippen molar-refractivity contribution in [3.63, 3.8) is 0 Å². The zero-order valence-electron chi connectivity index (χ0n) is 9.54. The Kier molecular flexibility index (Phi) is 2.44. The molecule has 1 aromatic heterocycles. The maximum Gasteiger partial charge on any atom is 0.349 e. The van der Waals surface area contributed by atoms with Gasteiger partial charge in [0.1, 0.15) is 11.6 Å². The van der Waals surface area contributed by atoms with Crippen molar-refractivity contribution < 1.29 is 9.21 Å². The Hall–Kier alpha value is -2.43. The van der Waals surface area contributed by atoms with Gasteiger partial charge in [-0.2, -0.15) is 4.99 Å². The molecular weight excluding hydrogens is 230 g/mol. The first-order valence-corrected chi connectivity index (χ1v) is 5.61. The van der Waals surface area contributed by atoms with E-state index in [1.54, 1.807) is 24.5 Å². The topological polar surface area (TPSA) is 69.7 Å². The maximum absolute atomic E-state index is 11.9. The molecule has 0 saturated heterocycles. The lowest BCUT2D eigenvalue weighted by atomic mass is 9.95. The smallest absolute Gasteiger partial charge is 0.349 e. The van der Waals surface area contributed by atoms with E-state index in [4.69, 9.17) is 9.83 Å². The van der Waals surface area contributed by atoms with Crippen molar-refractivity contribution in [3.05, 3.63) is 48.5 Å². The van der Waals surface area contributed by atoms with Crippen molar-refractivity contribution in [3.8, 4) is 0 Å². The van der Waals surface area contributed by atoms with E-state index in [1.807, 2.05) is 18.2 Å². The molecule has 1 aliphatic carbocycles. The molecule has 18 heavy (non-hydrogen) atoms. The molecule has 3 rings (SSSR count). The fourth-order valence-corrected chi connectivity index (χ4v) is 2.02. The lowest BCUT2D eigenvalue weighted by Gasteiger charge is -2.30. The molecule has 0 bridgehead atoms. The molecule has 2 heterocycles. The van der Waals surface area contributed by atoms with E-state index >= 15 is 0 Å². The standard InChI is InChI=1S/C13H11N3O2/c14-12-10-5-1-2-6-11(10)15-13(17)16(12)8-9-4-3-7-18-9/h1-7,10,14H,8H2. The van der Waals surface area contributed by atoms with E-state index in [9.17, 15) is 4.79 Å². The third-order valence-corrected chi connectivity index (χ3v) is 2.94. The van der Waals surface area contributed by atoms with Gasteiger partial charge in [-0.25, -0.2) is 4.79 Å². The van der Waals surface area contributed by atoms with E-state index in [0.29, 0.717) is 11.5 Å². The highest BCUT2D eigenvalue weighted by molar-refractivity contribution is 6.22. The minimum atomic E-state index is -0.414. The summed E-state index contributed by atoms with van der Waals surface area (Å²) in [5.74, 6) is 0.645. The van der Waals surface area contributed by atoms with Gasteiger partial charge < -0.3 is 4.42 Å². The van der Waals surface area contributed by atoms with E-state index in [2.05, 4.69) is 4.99 Å². The van der Waals surface area contributed by atoms with Gasteiger partial charge in [-0.05, 0) is 18.2 Å². The molecular formula is C13H11N3O2. The van der Waals surface area contributed by atoms with Crippen molar-refractivity contribution in [2.45, 2.75) is 6.54 Å². The largest absolute Gasteiger partial charge is 0.467 e. The van der Waals surface area contributed by atoms with Gasteiger partial charge in [-0.1, -0.05) is 18.2 Å². The van der Waals surface area contributed by atoms with Crippen LogP contribution in [0.25, 0.3) is 0 Å². The summed E-state index contributed by atoms with van der Waals surface area (Å²) in [5.41, 5.74) is 0.628. The summed E-state index contributed by atoms with van der Waals surface area (Å²) in [6.07, 6.45) is 8.85. The number of fused-ring (bicyclic) bond motifs is 1. The molecule has 1 unspecified atom stereocenters. The summed E-state index contributed by atoms with van der Waals surface area (Å²) in [5, 5.41) is 8.10. The molecule has 90 valence electrons. The van der Waals surface area contributed by atoms with E-state index in [1.165, 1.54) is 4.90 Å². The molecule has 0 aromatic carbocycles. The lowest BCUT2D eigenvalue weighted by molar-refractivity contribution is 0.223. The summed E-state index contributed by atoms with van der Waals surface area (Å²) in [6, 6.07) is 3.12. The van der Waals surface area contributed by atoms with Crippen LogP contribution >= 0.6 is 0 Å². The van der Waals surface area contributed by atoms with Gasteiger partial charge in [-0.3, -0.25) is 10.3 Å². The van der Waals surface area contributed by atoms with Crippen molar-refractivity contribution in [2.24, 2.45) is 10.9 Å². The van der Waals surface area contributed by atoms with Crippen LogP contribution in [-0.2, 0) is 6.54 Å². The summed E-state index contributed by atoms with van der Waals surface area (Å²) in [6.45, 7) is 0.246. The monoisotopic (exact) mass is 241 g/mol. The molecule has 5 heteroatoms. The van der Waals surface area contributed by atoms with Crippen molar-refractivity contribution in [2.75, 3.05) is 0 Å². The summed E-state index contributed by atoms with van der Waals surface area (Å²) in [7, 11) is 0. The zero-order valence-corrected chi connectivity index (χ0v) is 9.54. The number of carbonyl (C=O) groups excluding carboxylic acids is 1. The summed E-state index contributed by atoms with van der Waals surface area (Å²) < 4.78 is 5.20. The number of nitrogens with one attached hydrogen (secondary N) is 1. The number of nitrogens with zero attached hydrogens (tertiary/aromatic N) is 2. The SMILES string of the molecule is N=C1C2C=CC=CC2=NC(=O)N1Cc1ccco1. The van der Waals surface area contributed by atoms with E-state index < -0.39 is 6.03 Å². The first-order valence-electron chi connectivity index (χ1n) is 5.61. The molecule has 2 aliphatic rings. The number of allylic oxidation sites excluding steroid dienone is 3. The van der Waals surface area contributed by atoms with Gasteiger partial charge in [0.05, 0.1) is 24.4 Å². The minimum Gasteiger partial charge on any atom is -0.467 e. The first-order chi connectivity index (χ1) is 8.75. The Morgan fingerprint density at radius 2 is 2.33 bits per heavy atom. The number of rotatable bonds is 2. The predicted octanol–water partition coefficient (Wildman–Crippen LogP) is 2.38. The Morgan fingerprint density at radius 1 is 1.44 bits per heavy atom. The highest BCUT2D eigenvalue weighted by atomic mass is 16.3. The van der Waals surface area contributed by atoms with Gasteiger partial charge in [-0.15, -0.1) is 0 Å². The maximum atomic E-state index is 11.9. The van der Waals surface area contributed by atoms with Crippen LogP contribution in [0, 0.1) is 11.3 Å². The normalized spacial score (nSPS) is 22.1. The van der Waals surface area contributed by atoms with Crippen LogP contribution in [0.5, 0.6) is 0 Å². The second-order valence-electron chi connectivity index (χ2n) is 4.09. The van der Waals surface area contributed by atoms with Crippen LogP contribution < -0.4 is 0 Å². The lowest BCUT2D eigenvalue weighted by Crippen LogP contribution is -2.45. The molecule has 2 amide bonds. The number of amidine groups is 1. The number of aliphatic imine (C=N–C) groups is 1. The third kappa shape index (κ3) is 1.69. The van der Waals surface area contributed by atoms with Crippen LogP contribution in [-0.4, -0.2) is 22.5 Å². The second kappa shape index (κ2) is 4.10. The Balaban J connectivity index is 1.90. The van der Waals surface area contributed by atoms with Crippen LogP contribution in [0.4, 0.5) is 4.79 Å². The van der Waals surface area contributed by atoms with Crippen LogP contribution in [0.1, 0.15) is 5.76 Å². The molecule has 5 nitrogen and oxygen atoms in total. The fourth-order valence-electron chi connectivity index (χ4n) is 2.02. The van der Waals surface area contributed by atoms with Crippen molar-refractivity contribution in [1.82, 2.24) is 4.90 Å². The van der Waals surface area contributed by atoms with E-state index in [-0.39, 0.29) is 18.3 Å².